The lowest BCUT2D eigenvalue weighted by atomic mass is 9.92. The molecule has 0 saturated heterocycles. The van der Waals surface area contributed by atoms with Crippen LogP contribution in [0.1, 0.15) is 21.5 Å². The second-order valence-corrected chi connectivity index (χ2v) is 6.01. The van der Waals surface area contributed by atoms with Gasteiger partial charge in [0.15, 0.2) is 11.5 Å². The van der Waals surface area contributed by atoms with Crippen LogP contribution in [-0.4, -0.2) is 24.8 Å². The molecule has 0 spiro atoms. The minimum absolute atomic E-state index is 0.0766. The number of benzene rings is 2. The van der Waals surface area contributed by atoms with Crippen molar-refractivity contribution in [3.63, 3.8) is 0 Å². The molecule has 0 radical (unpaired) electrons. The first-order valence-corrected chi connectivity index (χ1v) is 7.80. The summed E-state index contributed by atoms with van der Waals surface area (Å²) in [4.78, 5) is 17.3. The minimum Gasteiger partial charge on any atom is -0.454 e. The van der Waals surface area contributed by atoms with Crippen molar-refractivity contribution in [3.05, 3.63) is 57.6 Å². The van der Waals surface area contributed by atoms with Crippen LogP contribution in [0.4, 0.5) is 0 Å². The van der Waals surface area contributed by atoms with Gasteiger partial charge in [0.25, 0.3) is 0 Å². The van der Waals surface area contributed by atoms with Gasteiger partial charge in [-0.3, -0.25) is 9.79 Å². The molecule has 0 aliphatic carbocycles. The van der Waals surface area contributed by atoms with Crippen LogP contribution in [0.2, 0.25) is 0 Å². The number of carbonyl (C=O) groups is 1. The van der Waals surface area contributed by atoms with Crippen LogP contribution in [0.25, 0.3) is 0 Å². The zero-order valence-electron chi connectivity index (χ0n) is 11.6. The predicted molar refractivity (Wildman–Crippen MR) is 86.1 cm³/mol. The fourth-order valence-electron chi connectivity index (χ4n) is 2.75. The average molecular weight is 358 g/mol. The first-order valence-electron chi connectivity index (χ1n) is 7.00. The van der Waals surface area contributed by atoms with E-state index in [1.807, 2.05) is 30.3 Å². The Balaban J connectivity index is 1.80. The van der Waals surface area contributed by atoms with Crippen molar-refractivity contribution < 1.29 is 14.3 Å². The number of aliphatic imine (C=N–C) groups is 1. The van der Waals surface area contributed by atoms with E-state index >= 15 is 0 Å². The van der Waals surface area contributed by atoms with Crippen molar-refractivity contribution >= 4 is 27.4 Å². The summed E-state index contributed by atoms with van der Waals surface area (Å²) in [7, 11) is 0. The number of carbonyl (C=O) groups excluding carboxylic acids is 1. The second-order valence-electron chi connectivity index (χ2n) is 5.15. The molecule has 0 atom stereocenters. The van der Waals surface area contributed by atoms with E-state index in [9.17, 15) is 4.79 Å². The predicted octanol–water partition coefficient (Wildman–Crippen LogP) is 3.41. The summed E-state index contributed by atoms with van der Waals surface area (Å²) >= 11 is 3.43. The molecule has 22 heavy (non-hydrogen) atoms. The van der Waals surface area contributed by atoms with Crippen LogP contribution < -0.4 is 9.47 Å². The minimum atomic E-state index is -0.0766. The van der Waals surface area contributed by atoms with Gasteiger partial charge in [-0.15, -0.1) is 0 Å². The molecule has 2 aliphatic rings. The number of nitrogens with zero attached hydrogens (tertiary/aromatic N) is 1. The molecule has 4 nitrogen and oxygen atoms in total. The first kappa shape index (κ1) is 13.5. The van der Waals surface area contributed by atoms with E-state index < -0.39 is 0 Å². The Morgan fingerprint density at radius 3 is 2.73 bits per heavy atom. The number of hydrogen-bond donors (Lipinski definition) is 0. The standard InChI is InChI=1S/C17H12BrNO3/c18-13-4-2-1-3-11(13)17(20)16-12-8-15-14(21-9-22-15)7-10(12)5-6-19-16/h1-4,7-8H,5-6,9H2. The Hall–Kier alpha value is -2.14. The molecule has 0 aromatic heterocycles. The lowest BCUT2D eigenvalue weighted by molar-refractivity contribution is 0.106. The third kappa shape index (κ3) is 2.13. The molecular formula is C17H12BrNO3. The van der Waals surface area contributed by atoms with E-state index in [2.05, 4.69) is 20.9 Å². The molecule has 2 aromatic carbocycles. The third-order valence-electron chi connectivity index (χ3n) is 3.84. The van der Waals surface area contributed by atoms with Gasteiger partial charge in [-0.2, -0.15) is 0 Å². The average Bonchev–Trinajstić information content (AvgIpc) is 2.99. The highest BCUT2D eigenvalue weighted by Gasteiger charge is 2.26. The fourth-order valence-corrected chi connectivity index (χ4v) is 3.22. The van der Waals surface area contributed by atoms with E-state index in [4.69, 9.17) is 9.47 Å². The highest BCUT2D eigenvalue weighted by Crippen LogP contribution is 2.36. The summed E-state index contributed by atoms with van der Waals surface area (Å²) in [5.41, 5.74) is 3.03. The number of Topliss-reactive ketones (excluding diaryl/α,β-unsaturated/α-hetero) is 1. The van der Waals surface area contributed by atoms with Crippen molar-refractivity contribution in [2.45, 2.75) is 6.42 Å². The molecule has 2 aliphatic heterocycles. The molecule has 5 heteroatoms. The summed E-state index contributed by atoms with van der Waals surface area (Å²) in [5, 5.41) is 0. The molecule has 2 aromatic rings. The van der Waals surface area contributed by atoms with Gasteiger partial charge in [-0.25, -0.2) is 0 Å². The van der Waals surface area contributed by atoms with Crippen LogP contribution >= 0.6 is 15.9 Å². The van der Waals surface area contributed by atoms with Gasteiger partial charge >= 0.3 is 0 Å². The molecule has 0 unspecified atom stereocenters. The molecule has 2 heterocycles. The summed E-state index contributed by atoms with van der Waals surface area (Å²) in [5.74, 6) is 1.34. The molecule has 0 saturated carbocycles. The lowest BCUT2D eigenvalue weighted by Crippen LogP contribution is -2.22. The largest absolute Gasteiger partial charge is 0.454 e. The number of fused-ring (bicyclic) bond motifs is 2. The van der Waals surface area contributed by atoms with Gasteiger partial charge in [0, 0.05) is 22.1 Å². The SMILES string of the molecule is O=C(C1=NCCc2cc3c(cc21)OCO3)c1ccccc1Br. The van der Waals surface area contributed by atoms with Crippen LogP contribution in [-0.2, 0) is 6.42 Å². The monoisotopic (exact) mass is 357 g/mol. The Morgan fingerprint density at radius 1 is 1.14 bits per heavy atom. The maximum absolute atomic E-state index is 12.9. The molecule has 0 N–H and O–H groups in total. The molecule has 0 fully saturated rings. The van der Waals surface area contributed by atoms with Gasteiger partial charge in [-0.1, -0.05) is 28.1 Å². The summed E-state index contributed by atoms with van der Waals surface area (Å²) in [6.07, 6.45) is 0.804. The Labute approximate surface area is 135 Å². The van der Waals surface area contributed by atoms with E-state index in [1.54, 1.807) is 6.07 Å². The van der Waals surface area contributed by atoms with E-state index in [1.165, 1.54) is 0 Å². The second kappa shape index (κ2) is 5.25. The quantitative estimate of drug-likeness (QED) is 0.773. The van der Waals surface area contributed by atoms with Crippen LogP contribution in [0, 0.1) is 0 Å². The van der Waals surface area contributed by atoms with E-state index in [-0.39, 0.29) is 12.6 Å². The molecule has 0 amide bonds. The van der Waals surface area contributed by atoms with Gasteiger partial charge in [-0.05, 0) is 36.2 Å². The molecule has 0 bridgehead atoms. The Morgan fingerprint density at radius 2 is 1.91 bits per heavy atom. The number of ether oxygens (including phenoxy) is 2. The Kier molecular flexibility index (Phi) is 3.22. The highest BCUT2D eigenvalue weighted by molar-refractivity contribution is 9.10. The number of halogens is 1. The summed E-state index contributed by atoms with van der Waals surface area (Å²) in [6.45, 7) is 0.834. The topological polar surface area (TPSA) is 47.9 Å². The molecular weight excluding hydrogens is 346 g/mol. The number of hydrogen-bond acceptors (Lipinski definition) is 4. The molecule has 110 valence electrons. The van der Waals surface area contributed by atoms with Gasteiger partial charge in [0.05, 0.1) is 0 Å². The van der Waals surface area contributed by atoms with Crippen LogP contribution in [0.15, 0.2) is 45.9 Å². The van der Waals surface area contributed by atoms with Crippen molar-refractivity contribution in [1.29, 1.82) is 0 Å². The van der Waals surface area contributed by atoms with Gasteiger partial charge < -0.3 is 9.47 Å². The summed E-state index contributed by atoms with van der Waals surface area (Å²) < 4.78 is 11.6. The maximum Gasteiger partial charge on any atom is 0.231 e. The van der Waals surface area contributed by atoms with E-state index in [0.717, 1.165) is 27.8 Å². The lowest BCUT2D eigenvalue weighted by Gasteiger charge is -2.17. The van der Waals surface area contributed by atoms with Crippen molar-refractivity contribution in [2.24, 2.45) is 4.99 Å². The first-order chi connectivity index (χ1) is 10.7. The van der Waals surface area contributed by atoms with E-state index in [0.29, 0.717) is 23.6 Å². The van der Waals surface area contributed by atoms with Gasteiger partial charge in [0.2, 0.25) is 12.6 Å². The van der Waals surface area contributed by atoms with Gasteiger partial charge in [0.1, 0.15) is 5.71 Å². The molecule has 4 rings (SSSR count). The van der Waals surface area contributed by atoms with Crippen molar-refractivity contribution in [1.82, 2.24) is 0 Å². The zero-order chi connectivity index (χ0) is 15.1. The van der Waals surface area contributed by atoms with Crippen molar-refractivity contribution in [2.75, 3.05) is 13.3 Å². The number of ketones is 1. The van der Waals surface area contributed by atoms with Crippen LogP contribution in [0.3, 0.4) is 0 Å². The third-order valence-corrected chi connectivity index (χ3v) is 4.53. The summed E-state index contributed by atoms with van der Waals surface area (Å²) in [6, 6.07) is 11.2. The Bertz CT molecular complexity index is 814. The van der Waals surface area contributed by atoms with Crippen LogP contribution in [0.5, 0.6) is 11.5 Å². The normalized spacial score (nSPS) is 15.2. The highest BCUT2D eigenvalue weighted by atomic mass is 79.9. The smallest absolute Gasteiger partial charge is 0.231 e. The zero-order valence-corrected chi connectivity index (χ0v) is 13.2. The fraction of sp³-hybridized carbons (Fsp3) is 0.176. The maximum atomic E-state index is 12.9. The number of rotatable bonds is 2. The van der Waals surface area contributed by atoms with Crippen molar-refractivity contribution in [3.8, 4) is 11.5 Å².